The number of benzene rings is 1. The van der Waals surface area contributed by atoms with Crippen LogP contribution in [0.2, 0.25) is 0 Å². The van der Waals surface area contributed by atoms with E-state index in [0.29, 0.717) is 22.6 Å². The molecule has 7 nitrogen and oxygen atoms in total. The number of ether oxygens (including phenoxy) is 2. The zero-order valence-corrected chi connectivity index (χ0v) is 14.9. The highest BCUT2D eigenvalue weighted by atomic mass is 19.3. The van der Waals surface area contributed by atoms with Gasteiger partial charge in [-0.3, -0.25) is 9.69 Å². The third-order valence-electron chi connectivity index (χ3n) is 4.41. The Morgan fingerprint density at radius 1 is 1.22 bits per heavy atom. The lowest BCUT2D eigenvalue weighted by Gasteiger charge is -2.26. The second-order valence-electron chi connectivity index (χ2n) is 5.99. The molecular weight excluding hydrogens is 358 g/mol. The number of methoxy groups -OCH3 is 1. The van der Waals surface area contributed by atoms with Crippen LogP contribution in [0.4, 0.5) is 8.78 Å². The van der Waals surface area contributed by atoms with Gasteiger partial charge in [0.2, 0.25) is 5.88 Å². The Bertz CT molecular complexity index is 919. The van der Waals surface area contributed by atoms with Crippen LogP contribution in [0.3, 0.4) is 0 Å². The fourth-order valence-electron chi connectivity index (χ4n) is 3.03. The summed E-state index contributed by atoms with van der Waals surface area (Å²) in [5.74, 6) is -0.0131. The molecule has 142 valence electrons. The number of aromatic nitrogens is 1. The van der Waals surface area contributed by atoms with Crippen LogP contribution in [0, 0.1) is 6.92 Å². The average molecular weight is 376 g/mol. The Hall–Kier alpha value is -3.23. The maximum absolute atomic E-state index is 13.1. The molecule has 0 saturated carbocycles. The normalized spacial score (nSPS) is 19.4. The number of likely N-dealkylation sites (N-methyl/N-ethyl adjacent to an activating group) is 1. The fraction of sp³-hybridized carbons (Fsp3) is 0.278. The molecule has 1 amide bonds. The highest BCUT2D eigenvalue weighted by Gasteiger charge is 2.49. The van der Waals surface area contributed by atoms with E-state index in [0.717, 1.165) is 0 Å². The van der Waals surface area contributed by atoms with Gasteiger partial charge in [-0.25, -0.2) is 9.98 Å². The van der Waals surface area contributed by atoms with E-state index in [4.69, 9.17) is 10.5 Å². The van der Waals surface area contributed by atoms with Gasteiger partial charge in [-0.15, -0.1) is 0 Å². The Morgan fingerprint density at radius 3 is 2.48 bits per heavy atom. The van der Waals surface area contributed by atoms with E-state index in [1.54, 1.807) is 25.1 Å². The first-order chi connectivity index (χ1) is 12.8. The smallest absolute Gasteiger partial charge is 0.387 e. The first kappa shape index (κ1) is 18.6. The van der Waals surface area contributed by atoms with Gasteiger partial charge in [0.25, 0.3) is 5.91 Å². The topological polar surface area (TPSA) is 90.0 Å². The number of pyridine rings is 1. The Balaban J connectivity index is 2.20. The third kappa shape index (κ3) is 3.05. The van der Waals surface area contributed by atoms with Crippen LogP contribution in [0.15, 0.2) is 41.5 Å². The quantitative estimate of drug-likeness (QED) is 0.862. The number of alkyl halides is 2. The minimum absolute atomic E-state index is 0.0203. The van der Waals surface area contributed by atoms with Crippen LogP contribution in [0.5, 0.6) is 11.6 Å². The number of carbonyl (C=O) groups excluding carboxylic acids is 1. The predicted octanol–water partition coefficient (Wildman–Crippen LogP) is 2.03. The van der Waals surface area contributed by atoms with Gasteiger partial charge in [0.15, 0.2) is 11.5 Å². The molecule has 1 atom stereocenters. The molecule has 1 unspecified atom stereocenters. The molecule has 2 aromatic rings. The predicted molar refractivity (Wildman–Crippen MR) is 93.8 cm³/mol. The summed E-state index contributed by atoms with van der Waals surface area (Å²) in [6, 6.07) is 7.71. The SMILES string of the molecule is COc1cc(C2(c3ccc(OC(F)F)c(C)c3)N=C(N)N(C)C2=O)ccn1. The van der Waals surface area contributed by atoms with Crippen LogP contribution in [-0.2, 0) is 10.3 Å². The summed E-state index contributed by atoms with van der Waals surface area (Å²) in [6.07, 6.45) is 1.49. The standard InChI is InChI=1S/C18H18F2N4O3/c1-10-8-11(4-5-13(10)27-16(19)20)18(15(25)24(2)17(21)23-18)12-6-7-22-14(9-12)26-3/h4-9,16H,1-3H3,(H2,21,23). The molecule has 0 fully saturated rings. The highest BCUT2D eigenvalue weighted by Crippen LogP contribution is 2.41. The number of amides is 1. The van der Waals surface area contributed by atoms with Crippen molar-refractivity contribution in [2.45, 2.75) is 19.1 Å². The van der Waals surface area contributed by atoms with Crippen molar-refractivity contribution in [3.8, 4) is 11.6 Å². The lowest BCUT2D eigenvalue weighted by atomic mass is 9.82. The number of nitrogens with two attached hydrogens (primary N) is 1. The van der Waals surface area contributed by atoms with E-state index in [-0.39, 0.29) is 17.6 Å². The van der Waals surface area contributed by atoms with E-state index >= 15 is 0 Å². The van der Waals surface area contributed by atoms with Crippen LogP contribution < -0.4 is 15.2 Å². The van der Waals surface area contributed by atoms with Gasteiger partial charge >= 0.3 is 6.61 Å². The number of halogens is 2. The molecule has 0 aliphatic carbocycles. The van der Waals surface area contributed by atoms with Crippen molar-refractivity contribution in [3.63, 3.8) is 0 Å². The number of hydrogen-bond donors (Lipinski definition) is 1. The number of carbonyl (C=O) groups is 1. The third-order valence-corrected chi connectivity index (χ3v) is 4.41. The largest absolute Gasteiger partial charge is 0.481 e. The molecule has 0 spiro atoms. The molecule has 3 rings (SSSR count). The van der Waals surface area contributed by atoms with E-state index in [2.05, 4.69) is 14.7 Å². The molecule has 27 heavy (non-hydrogen) atoms. The summed E-state index contributed by atoms with van der Waals surface area (Å²) in [5, 5.41) is 0. The molecule has 1 aromatic carbocycles. The first-order valence-corrected chi connectivity index (χ1v) is 7.99. The number of nitrogens with zero attached hydrogens (tertiary/aromatic N) is 3. The molecule has 9 heteroatoms. The Kier molecular flexibility index (Phi) is 4.69. The van der Waals surface area contributed by atoms with Gasteiger partial charge in [0, 0.05) is 24.9 Å². The van der Waals surface area contributed by atoms with E-state index in [1.165, 1.54) is 37.4 Å². The summed E-state index contributed by atoms with van der Waals surface area (Å²) < 4.78 is 34.7. The van der Waals surface area contributed by atoms with Gasteiger partial charge in [-0.2, -0.15) is 8.78 Å². The van der Waals surface area contributed by atoms with Crippen LogP contribution >= 0.6 is 0 Å². The van der Waals surface area contributed by atoms with Crippen LogP contribution in [0.25, 0.3) is 0 Å². The monoisotopic (exact) mass is 376 g/mol. The van der Waals surface area contributed by atoms with E-state index in [1.807, 2.05) is 0 Å². The molecule has 2 N–H and O–H groups in total. The molecule has 2 heterocycles. The molecule has 1 aliphatic rings. The molecular formula is C18H18F2N4O3. The number of rotatable bonds is 5. The zero-order valence-electron chi connectivity index (χ0n) is 14.9. The van der Waals surface area contributed by atoms with Crippen LogP contribution in [-0.4, -0.2) is 42.5 Å². The summed E-state index contributed by atoms with van der Waals surface area (Å²) in [4.78, 5) is 22.9. The van der Waals surface area contributed by atoms with Gasteiger partial charge in [0.1, 0.15) is 5.75 Å². The van der Waals surface area contributed by atoms with Crippen molar-refractivity contribution in [3.05, 3.63) is 53.2 Å². The van der Waals surface area contributed by atoms with Crippen molar-refractivity contribution >= 4 is 11.9 Å². The van der Waals surface area contributed by atoms with Crippen molar-refractivity contribution in [2.75, 3.05) is 14.2 Å². The Labute approximate surface area is 154 Å². The molecule has 0 saturated heterocycles. The molecule has 0 radical (unpaired) electrons. The van der Waals surface area contributed by atoms with Gasteiger partial charge in [-0.1, -0.05) is 6.07 Å². The zero-order chi connectivity index (χ0) is 19.8. The van der Waals surface area contributed by atoms with Gasteiger partial charge < -0.3 is 15.2 Å². The van der Waals surface area contributed by atoms with E-state index < -0.39 is 12.2 Å². The molecule has 1 aromatic heterocycles. The number of aryl methyl sites for hydroxylation is 1. The maximum atomic E-state index is 13.1. The number of guanidine groups is 1. The summed E-state index contributed by atoms with van der Waals surface area (Å²) in [5.41, 5.74) is 5.83. The summed E-state index contributed by atoms with van der Waals surface area (Å²) in [7, 11) is 2.97. The van der Waals surface area contributed by atoms with Gasteiger partial charge in [-0.05, 0) is 36.2 Å². The summed E-state index contributed by atoms with van der Waals surface area (Å²) >= 11 is 0. The Morgan fingerprint density at radius 2 is 1.93 bits per heavy atom. The minimum atomic E-state index is -2.94. The summed E-state index contributed by atoms with van der Waals surface area (Å²) in [6.45, 7) is -1.33. The second-order valence-corrected chi connectivity index (χ2v) is 5.99. The van der Waals surface area contributed by atoms with Crippen LogP contribution in [0.1, 0.15) is 16.7 Å². The number of hydrogen-bond acceptors (Lipinski definition) is 6. The van der Waals surface area contributed by atoms with Crippen molar-refractivity contribution in [1.82, 2.24) is 9.88 Å². The van der Waals surface area contributed by atoms with Crippen molar-refractivity contribution in [1.29, 1.82) is 0 Å². The second kappa shape index (κ2) is 6.82. The van der Waals surface area contributed by atoms with Gasteiger partial charge in [0.05, 0.1) is 7.11 Å². The van der Waals surface area contributed by atoms with Crippen molar-refractivity contribution < 1.29 is 23.0 Å². The molecule has 0 bridgehead atoms. The lowest BCUT2D eigenvalue weighted by molar-refractivity contribution is -0.129. The average Bonchev–Trinajstić information content (AvgIpc) is 2.88. The minimum Gasteiger partial charge on any atom is -0.481 e. The fourth-order valence-corrected chi connectivity index (χ4v) is 3.03. The first-order valence-electron chi connectivity index (χ1n) is 7.99. The lowest BCUT2D eigenvalue weighted by Crippen LogP contribution is -2.41. The van der Waals surface area contributed by atoms with Crippen molar-refractivity contribution in [2.24, 2.45) is 10.7 Å². The molecule has 1 aliphatic heterocycles. The van der Waals surface area contributed by atoms with E-state index in [9.17, 15) is 13.6 Å². The highest BCUT2D eigenvalue weighted by molar-refractivity contribution is 6.08. The maximum Gasteiger partial charge on any atom is 0.387 e. The number of aliphatic imine (C=N–C) groups is 1.